The van der Waals surface area contributed by atoms with Crippen LogP contribution in [0, 0.1) is 5.92 Å². The Bertz CT molecular complexity index is 531. The zero-order valence-electron chi connectivity index (χ0n) is 12.6. The van der Waals surface area contributed by atoms with Crippen molar-refractivity contribution < 1.29 is 9.90 Å². The molecule has 2 atom stereocenters. The van der Waals surface area contributed by atoms with Crippen LogP contribution in [0.15, 0.2) is 24.3 Å². The Kier molecular flexibility index (Phi) is 3.89. The highest BCUT2D eigenvalue weighted by atomic mass is 16.3. The van der Waals surface area contributed by atoms with E-state index in [2.05, 4.69) is 29.6 Å². The first-order valence-electron chi connectivity index (χ1n) is 7.85. The van der Waals surface area contributed by atoms with Crippen LogP contribution < -0.4 is 5.32 Å². The van der Waals surface area contributed by atoms with Gasteiger partial charge in [0.15, 0.2) is 0 Å². The molecule has 114 valence electrons. The molecular formula is C17H24N2O2. The molecule has 21 heavy (non-hydrogen) atoms. The normalized spacial score (nSPS) is 26.3. The van der Waals surface area contributed by atoms with Crippen LogP contribution in [0.4, 0.5) is 4.79 Å². The van der Waals surface area contributed by atoms with Crippen molar-refractivity contribution >= 4 is 6.03 Å². The zero-order chi connectivity index (χ0) is 14.9. The van der Waals surface area contributed by atoms with Gasteiger partial charge in [0.05, 0.1) is 6.61 Å². The van der Waals surface area contributed by atoms with Crippen molar-refractivity contribution in [3.8, 4) is 0 Å². The number of aliphatic hydroxyl groups is 1. The van der Waals surface area contributed by atoms with Crippen LogP contribution in [-0.4, -0.2) is 42.8 Å². The van der Waals surface area contributed by atoms with E-state index < -0.39 is 0 Å². The van der Waals surface area contributed by atoms with Crippen LogP contribution in [-0.2, 0) is 11.8 Å². The van der Waals surface area contributed by atoms with E-state index in [1.54, 1.807) is 7.05 Å². The molecule has 1 fully saturated rings. The third-order valence-corrected chi connectivity index (χ3v) is 5.14. The topological polar surface area (TPSA) is 52.6 Å². The van der Waals surface area contributed by atoms with Gasteiger partial charge in [0.25, 0.3) is 0 Å². The maximum atomic E-state index is 11.9. The lowest BCUT2D eigenvalue weighted by atomic mass is 9.78. The van der Waals surface area contributed by atoms with Crippen molar-refractivity contribution in [1.82, 2.24) is 10.2 Å². The summed E-state index contributed by atoms with van der Waals surface area (Å²) >= 11 is 0. The number of likely N-dealkylation sites (N-methyl/N-ethyl adjacent to an activating group) is 1. The fraction of sp³-hybridized carbons (Fsp3) is 0.588. The number of nitrogens with zero attached hydrogens (tertiary/aromatic N) is 1. The van der Waals surface area contributed by atoms with Gasteiger partial charge < -0.3 is 15.3 Å². The molecule has 4 nitrogen and oxygen atoms in total. The summed E-state index contributed by atoms with van der Waals surface area (Å²) in [6.45, 7) is 1.12. The summed E-state index contributed by atoms with van der Waals surface area (Å²) in [6, 6.07) is 8.69. The standard InChI is InChI=1S/C17H24N2O2/c1-19(9-10-20)16(21)18-12-14-11-17(14)8-4-6-13-5-2-3-7-15(13)17/h2-3,5,7,14,20H,4,6,8-12H2,1H3,(H,18,21). The monoisotopic (exact) mass is 288 g/mol. The number of aliphatic hydroxyl groups excluding tert-OH is 1. The van der Waals surface area contributed by atoms with Gasteiger partial charge in [0.1, 0.15) is 0 Å². The SMILES string of the molecule is CN(CCO)C(=O)NCC1CC12CCCc1ccccc12. The highest BCUT2D eigenvalue weighted by molar-refractivity contribution is 5.73. The molecule has 1 aromatic rings. The first-order valence-corrected chi connectivity index (χ1v) is 7.85. The van der Waals surface area contributed by atoms with Gasteiger partial charge in [-0.05, 0) is 42.7 Å². The predicted octanol–water partition coefficient (Wildman–Crippen LogP) is 1.91. The number of nitrogens with one attached hydrogen (secondary N) is 1. The summed E-state index contributed by atoms with van der Waals surface area (Å²) in [7, 11) is 1.71. The number of carbonyl (C=O) groups is 1. The fourth-order valence-electron chi connectivity index (χ4n) is 3.83. The molecule has 2 unspecified atom stereocenters. The van der Waals surface area contributed by atoms with E-state index in [0.29, 0.717) is 17.9 Å². The average molecular weight is 288 g/mol. The van der Waals surface area contributed by atoms with Crippen molar-refractivity contribution in [2.75, 3.05) is 26.7 Å². The summed E-state index contributed by atoms with van der Waals surface area (Å²) in [6.07, 6.45) is 4.88. The first-order chi connectivity index (χ1) is 10.2. The van der Waals surface area contributed by atoms with Gasteiger partial charge in [0.2, 0.25) is 0 Å². The molecule has 2 aliphatic carbocycles. The maximum absolute atomic E-state index is 11.9. The Labute approximate surface area is 126 Å². The van der Waals surface area contributed by atoms with Gasteiger partial charge in [-0.2, -0.15) is 0 Å². The van der Waals surface area contributed by atoms with Crippen LogP contribution in [0.1, 0.15) is 30.4 Å². The van der Waals surface area contributed by atoms with Gasteiger partial charge in [-0.1, -0.05) is 24.3 Å². The van der Waals surface area contributed by atoms with E-state index in [-0.39, 0.29) is 12.6 Å². The van der Waals surface area contributed by atoms with E-state index in [0.717, 1.165) is 6.54 Å². The van der Waals surface area contributed by atoms with Crippen LogP contribution in [0.5, 0.6) is 0 Å². The largest absolute Gasteiger partial charge is 0.395 e. The van der Waals surface area contributed by atoms with E-state index in [4.69, 9.17) is 5.11 Å². The van der Waals surface area contributed by atoms with Gasteiger partial charge in [-0.3, -0.25) is 0 Å². The van der Waals surface area contributed by atoms with Crippen LogP contribution in [0.25, 0.3) is 0 Å². The van der Waals surface area contributed by atoms with Crippen molar-refractivity contribution in [3.63, 3.8) is 0 Å². The molecule has 0 aromatic heterocycles. The number of benzene rings is 1. The molecule has 0 radical (unpaired) electrons. The first kappa shape index (κ1) is 14.4. The van der Waals surface area contributed by atoms with Crippen molar-refractivity contribution in [2.24, 2.45) is 5.92 Å². The minimum absolute atomic E-state index is 0.00462. The second-order valence-electron chi connectivity index (χ2n) is 6.40. The van der Waals surface area contributed by atoms with E-state index in [1.165, 1.54) is 41.7 Å². The summed E-state index contributed by atoms with van der Waals surface area (Å²) in [4.78, 5) is 13.4. The Morgan fingerprint density at radius 2 is 2.29 bits per heavy atom. The number of hydrogen-bond donors (Lipinski definition) is 2. The molecule has 0 heterocycles. The predicted molar refractivity (Wildman–Crippen MR) is 82.3 cm³/mol. The van der Waals surface area contributed by atoms with Crippen molar-refractivity contribution in [2.45, 2.75) is 31.1 Å². The molecule has 0 saturated heterocycles. The Morgan fingerprint density at radius 1 is 1.48 bits per heavy atom. The molecule has 1 saturated carbocycles. The molecular weight excluding hydrogens is 264 g/mol. The van der Waals surface area contributed by atoms with Crippen molar-refractivity contribution in [1.29, 1.82) is 0 Å². The zero-order valence-corrected chi connectivity index (χ0v) is 12.6. The van der Waals surface area contributed by atoms with Gasteiger partial charge in [-0.25, -0.2) is 4.79 Å². The van der Waals surface area contributed by atoms with Gasteiger partial charge in [-0.15, -0.1) is 0 Å². The lowest BCUT2D eigenvalue weighted by Crippen LogP contribution is -2.40. The third kappa shape index (κ3) is 2.64. The molecule has 1 aromatic carbocycles. The number of rotatable bonds is 4. The quantitative estimate of drug-likeness (QED) is 0.889. The number of hydrogen-bond acceptors (Lipinski definition) is 2. The van der Waals surface area contributed by atoms with Crippen LogP contribution in [0.2, 0.25) is 0 Å². The Balaban J connectivity index is 1.61. The summed E-state index contributed by atoms with van der Waals surface area (Å²) in [5.74, 6) is 0.561. The minimum Gasteiger partial charge on any atom is -0.395 e. The molecule has 2 amide bonds. The molecule has 0 bridgehead atoms. The molecule has 2 N–H and O–H groups in total. The fourth-order valence-corrected chi connectivity index (χ4v) is 3.83. The van der Waals surface area contributed by atoms with Crippen LogP contribution in [0.3, 0.4) is 0 Å². The summed E-state index contributed by atoms with van der Waals surface area (Å²) in [5.41, 5.74) is 3.33. The summed E-state index contributed by atoms with van der Waals surface area (Å²) in [5, 5.41) is 11.9. The van der Waals surface area contributed by atoms with E-state index in [9.17, 15) is 4.79 Å². The van der Waals surface area contributed by atoms with Gasteiger partial charge in [0, 0.05) is 25.6 Å². The van der Waals surface area contributed by atoms with Crippen molar-refractivity contribution in [3.05, 3.63) is 35.4 Å². The van der Waals surface area contributed by atoms with Gasteiger partial charge >= 0.3 is 6.03 Å². The maximum Gasteiger partial charge on any atom is 0.317 e. The highest BCUT2D eigenvalue weighted by Gasteiger charge is 2.56. The Hall–Kier alpha value is -1.55. The van der Waals surface area contributed by atoms with Crippen LogP contribution >= 0.6 is 0 Å². The average Bonchev–Trinajstić information content (AvgIpc) is 3.19. The number of fused-ring (bicyclic) bond motifs is 2. The van der Waals surface area contributed by atoms with E-state index >= 15 is 0 Å². The second-order valence-corrected chi connectivity index (χ2v) is 6.40. The molecule has 3 rings (SSSR count). The molecule has 2 aliphatic rings. The molecule has 4 heteroatoms. The number of aryl methyl sites for hydroxylation is 1. The molecule has 1 spiro atoms. The Morgan fingerprint density at radius 3 is 3.10 bits per heavy atom. The number of urea groups is 1. The lowest BCUT2D eigenvalue weighted by Gasteiger charge is -2.27. The highest BCUT2D eigenvalue weighted by Crippen LogP contribution is 2.59. The second kappa shape index (κ2) is 5.68. The summed E-state index contributed by atoms with van der Waals surface area (Å²) < 4.78 is 0. The number of amides is 2. The van der Waals surface area contributed by atoms with E-state index in [1.807, 2.05) is 0 Å². The number of carbonyl (C=O) groups excluding carboxylic acids is 1. The molecule has 0 aliphatic heterocycles. The smallest absolute Gasteiger partial charge is 0.317 e. The minimum atomic E-state index is -0.0878. The third-order valence-electron chi connectivity index (χ3n) is 5.14. The lowest BCUT2D eigenvalue weighted by molar-refractivity contribution is 0.190.